The Balaban J connectivity index is 1.72. The Hall–Kier alpha value is -4.57. The highest BCUT2D eigenvalue weighted by atomic mass is 15.2. The molecule has 1 aliphatic rings. The zero-order valence-corrected chi connectivity index (χ0v) is 24.0. The smallest absolute Gasteiger partial charge is 0.238 e. The Morgan fingerprint density at radius 2 is 1.52 bits per heavy atom. The minimum atomic E-state index is -0.106. The third kappa shape index (κ3) is 3.86. The van der Waals surface area contributed by atoms with Gasteiger partial charge < -0.3 is 0 Å². The van der Waals surface area contributed by atoms with Crippen LogP contribution in [-0.2, 0) is 5.41 Å². The third-order valence-corrected chi connectivity index (χ3v) is 8.08. The minimum absolute atomic E-state index is 0.106. The van der Waals surface area contributed by atoms with Crippen molar-refractivity contribution in [3.63, 3.8) is 0 Å². The van der Waals surface area contributed by atoms with Gasteiger partial charge in [-0.1, -0.05) is 98.8 Å². The Morgan fingerprint density at radius 1 is 0.775 bits per heavy atom. The van der Waals surface area contributed by atoms with E-state index < -0.39 is 0 Å². The van der Waals surface area contributed by atoms with Gasteiger partial charge in [-0.3, -0.25) is 4.57 Å². The summed E-state index contributed by atoms with van der Waals surface area (Å²) in [5.41, 5.74) is 8.23. The van der Waals surface area contributed by atoms with E-state index in [0.29, 0.717) is 17.6 Å². The van der Waals surface area contributed by atoms with Crippen LogP contribution in [-0.4, -0.2) is 19.5 Å². The minimum Gasteiger partial charge on any atom is -0.278 e. The summed E-state index contributed by atoms with van der Waals surface area (Å²) in [6.45, 7) is 12.9. The first kappa shape index (κ1) is 25.7. The van der Waals surface area contributed by atoms with Crippen LogP contribution in [0.4, 0.5) is 0 Å². The number of benzene rings is 3. The van der Waals surface area contributed by atoms with Crippen molar-refractivity contribution in [1.29, 1.82) is 0 Å². The maximum absolute atomic E-state index is 5.08. The molecule has 198 valence electrons. The number of hydrogen-bond acceptors (Lipinski definition) is 3. The van der Waals surface area contributed by atoms with Crippen LogP contribution in [0, 0.1) is 0 Å². The molecule has 0 atom stereocenters. The number of hydrogen-bond donors (Lipinski definition) is 0. The van der Waals surface area contributed by atoms with Gasteiger partial charge in [-0.05, 0) is 62.1 Å². The van der Waals surface area contributed by atoms with Crippen molar-refractivity contribution in [2.75, 3.05) is 0 Å². The van der Waals surface area contributed by atoms with Crippen molar-refractivity contribution in [1.82, 2.24) is 19.5 Å². The highest BCUT2D eigenvalue weighted by Crippen LogP contribution is 2.49. The molecule has 4 heteroatoms. The van der Waals surface area contributed by atoms with Crippen molar-refractivity contribution >= 4 is 28.6 Å². The van der Waals surface area contributed by atoms with Gasteiger partial charge in [0.15, 0.2) is 11.6 Å². The summed E-state index contributed by atoms with van der Waals surface area (Å²) in [6.07, 6.45) is 10.5. The molecule has 5 aromatic rings. The summed E-state index contributed by atoms with van der Waals surface area (Å²) in [5.74, 6) is 1.93. The second-order valence-corrected chi connectivity index (χ2v) is 10.7. The number of allylic oxidation sites excluding steroid dienone is 4. The van der Waals surface area contributed by atoms with Crippen LogP contribution >= 0.6 is 0 Å². The highest BCUT2D eigenvalue weighted by Gasteiger charge is 2.36. The van der Waals surface area contributed by atoms with Crippen LogP contribution in [0.15, 0.2) is 85.0 Å². The molecule has 6 rings (SSSR count). The van der Waals surface area contributed by atoms with Crippen molar-refractivity contribution < 1.29 is 0 Å². The molecule has 0 N–H and O–H groups in total. The Bertz CT molecular complexity index is 1950. The largest absolute Gasteiger partial charge is 0.278 e. The Morgan fingerprint density at radius 3 is 2.23 bits per heavy atom. The quantitative estimate of drug-likeness (QED) is 0.232. The van der Waals surface area contributed by atoms with Gasteiger partial charge >= 0.3 is 0 Å². The van der Waals surface area contributed by atoms with Crippen LogP contribution in [0.3, 0.4) is 0 Å². The monoisotopic (exact) mass is 522 g/mol. The summed E-state index contributed by atoms with van der Waals surface area (Å²) < 4.78 is 2.21. The Labute approximate surface area is 235 Å². The molecular weight excluding hydrogens is 488 g/mol. The van der Waals surface area contributed by atoms with E-state index in [9.17, 15) is 0 Å². The summed E-state index contributed by atoms with van der Waals surface area (Å²) in [5, 5.41) is 3.46. The molecule has 0 aliphatic heterocycles. The average molecular weight is 523 g/mol. The van der Waals surface area contributed by atoms with E-state index >= 15 is 0 Å². The Kier molecular flexibility index (Phi) is 6.34. The highest BCUT2D eigenvalue weighted by molar-refractivity contribution is 5.94. The van der Waals surface area contributed by atoms with E-state index in [1.807, 2.05) is 62.4 Å². The number of aromatic nitrogens is 4. The molecular formula is C36H34N4. The van der Waals surface area contributed by atoms with Crippen molar-refractivity contribution in [3.8, 4) is 28.5 Å². The predicted molar refractivity (Wildman–Crippen MR) is 168 cm³/mol. The van der Waals surface area contributed by atoms with Gasteiger partial charge in [0.25, 0.3) is 0 Å². The van der Waals surface area contributed by atoms with Gasteiger partial charge in [-0.25, -0.2) is 4.98 Å². The van der Waals surface area contributed by atoms with Crippen molar-refractivity contribution in [3.05, 3.63) is 112 Å². The first-order valence-electron chi connectivity index (χ1n) is 14.0. The van der Waals surface area contributed by atoms with Gasteiger partial charge in [-0.15, -0.1) is 0 Å². The lowest BCUT2D eigenvalue weighted by atomic mass is 9.82. The normalized spacial score (nSPS) is 15.3. The lowest BCUT2D eigenvalue weighted by Crippen LogP contribution is -2.29. The first-order chi connectivity index (χ1) is 19.4. The molecule has 2 heterocycles. The standard InChI is InChI=1S/C36H34N4/c1-7-16-23(8-2)33-37-34(24-17-12-11-13-18-24)39-35(38-33)40-31(10-4)25(9-3)28-21-27-26-19-14-15-20-29(26)36(5,6)30(27)22-32(28)40/h7-22H,1-6H3. The van der Waals surface area contributed by atoms with Crippen LogP contribution in [0.5, 0.6) is 0 Å². The molecule has 2 aromatic heterocycles. The van der Waals surface area contributed by atoms with E-state index in [4.69, 9.17) is 15.0 Å². The van der Waals surface area contributed by atoms with E-state index in [1.54, 1.807) is 0 Å². The molecule has 40 heavy (non-hydrogen) atoms. The second kappa shape index (κ2) is 9.87. The van der Waals surface area contributed by atoms with E-state index in [2.05, 4.69) is 80.8 Å². The fraction of sp³-hybridized carbons (Fsp3) is 0.194. The summed E-state index contributed by atoms with van der Waals surface area (Å²) in [4.78, 5) is 15.1. The molecule has 0 saturated heterocycles. The third-order valence-electron chi connectivity index (χ3n) is 8.08. The fourth-order valence-corrected chi connectivity index (χ4v) is 6.12. The summed E-state index contributed by atoms with van der Waals surface area (Å²) in [6, 6.07) is 23.7. The number of nitrogens with zero attached hydrogens (tertiary/aromatic N) is 4. The van der Waals surface area contributed by atoms with E-state index in [1.165, 1.54) is 32.9 Å². The fourth-order valence-electron chi connectivity index (χ4n) is 6.12. The molecule has 0 radical (unpaired) electrons. The van der Waals surface area contributed by atoms with Gasteiger partial charge in [-0.2, -0.15) is 9.97 Å². The summed E-state index contributed by atoms with van der Waals surface area (Å²) in [7, 11) is 0. The van der Waals surface area contributed by atoms with E-state index in [0.717, 1.165) is 22.0 Å². The molecule has 0 amide bonds. The maximum Gasteiger partial charge on any atom is 0.238 e. The van der Waals surface area contributed by atoms with Crippen LogP contribution in [0.2, 0.25) is 0 Å². The van der Waals surface area contributed by atoms with Crippen molar-refractivity contribution in [2.45, 2.75) is 47.0 Å². The zero-order chi connectivity index (χ0) is 28.0. The average Bonchev–Trinajstić information content (AvgIpc) is 3.42. The number of fused-ring (bicyclic) bond motifs is 4. The van der Waals surface area contributed by atoms with Crippen LogP contribution in [0.25, 0.3) is 57.1 Å². The zero-order valence-electron chi connectivity index (χ0n) is 24.0. The second-order valence-electron chi connectivity index (χ2n) is 10.7. The SMILES string of the molecule is CC=CC(=CC)c1nc(-c2ccccc2)nc(-n2c(=CC)c(=CC)c3cc4c(cc32)C(C)(C)c2ccccc2-4)n1. The summed E-state index contributed by atoms with van der Waals surface area (Å²) >= 11 is 0. The molecule has 0 bridgehead atoms. The molecule has 3 aromatic carbocycles. The van der Waals surface area contributed by atoms with Gasteiger partial charge in [0.05, 0.1) is 10.9 Å². The molecule has 0 spiro atoms. The van der Waals surface area contributed by atoms with Crippen LogP contribution in [0.1, 0.15) is 58.5 Å². The predicted octanol–water partition coefficient (Wildman–Crippen LogP) is 7.37. The van der Waals surface area contributed by atoms with Crippen LogP contribution < -0.4 is 10.6 Å². The molecule has 0 fully saturated rings. The van der Waals surface area contributed by atoms with Gasteiger partial charge in [0.2, 0.25) is 5.95 Å². The van der Waals surface area contributed by atoms with Gasteiger partial charge in [0.1, 0.15) is 0 Å². The molecule has 4 nitrogen and oxygen atoms in total. The maximum atomic E-state index is 5.08. The molecule has 0 saturated carbocycles. The van der Waals surface area contributed by atoms with Gasteiger partial charge in [0, 0.05) is 27.2 Å². The molecule has 0 unspecified atom stereocenters. The first-order valence-corrected chi connectivity index (χ1v) is 14.0. The lowest BCUT2D eigenvalue weighted by Gasteiger charge is -2.21. The number of rotatable bonds is 4. The van der Waals surface area contributed by atoms with Crippen molar-refractivity contribution in [2.24, 2.45) is 0 Å². The van der Waals surface area contributed by atoms with E-state index in [-0.39, 0.29) is 5.41 Å². The molecule has 1 aliphatic carbocycles. The lowest BCUT2D eigenvalue weighted by molar-refractivity contribution is 0.661. The topological polar surface area (TPSA) is 43.6 Å².